The Bertz CT molecular complexity index is 1190. The van der Waals surface area contributed by atoms with Crippen LogP contribution in [0.3, 0.4) is 0 Å². The zero-order chi connectivity index (χ0) is 24.7. The first-order chi connectivity index (χ1) is 16.2. The van der Waals surface area contributed by atoms with Gasteiger partial charge in [-0.3, -0.25) is 14.2 Å². The Morgan fingerprint density at radius 2 is 1.76 bits per heavy atom. The number of hydrogen-bond acceptors (Lipinski definition) is 7. The lowest BCUT2D eigenvalue weighted by molar-refractivity contribution is -0.157. The van der Waals surface area contributed by atoms with Crippen molar-refractivity contribution >= 4 is 17.6 Å². The van der Waals surface area contributed by atoms with Crippen molar-refractivity contribution in [3.8, 4) is 22.9 Å². The van der Waals surface area contributed by atoms with Crippen LogP contribution < -0.4 is 25.5 Å². The fraction of sp³-hybridized carbons (Fsp3) is 0.280. The molecule has 0 aliphatic carbocycles. The number of benzene rings is 2. The number of hydrogen-bond donors (Lipinski definition) is 1. The molecule has 1 heterocycles. The molecule has 0 radical (unpaired) electrons. The van der Waals surface area contributed by atoms with Crippen LogP contribution >= 0.6 is 11.6 Å². The fourth-order valence-electron chi connectivity index (χ4n) is 3.08. The Morgan fingerprint density at radius 1 is 1.03 bits per heavy atom. The molecular formula is C25H27ClN2O6. The maximum absolute atomic E-state index is 12.7. The third-order valence-electron chi connectivity index (χ3n) is 4.76. The van der Waals surface area contributed by atoms with Crippen LogP contribution in [0.2, 0.25) is 5.02 Å². The number of carbonyl (C=O) groups is 1. The van der Waals surface area contributed by atoms with Crippen LogP contribution in [0.1, 0.15) is 19.4 Å². The average molecular weight is 487 g/mol. The summed E-state index contributed by atoms with van der Waals surface area (Å²) in [4.78, 5) is 24.2. The minimum Gasteiger partial charge on any atom is -0.493 e. The zero-order valence-corrected chi connectivity index (χ0v) is 20.0. The summed E-state index contributed by atoms with van der Waals surface area (Å²) in [6, 6.07) is 15.5. The second-order valence-corrected chi connectivity index (χ2v) is 8.48. The number of esters is 1. The first kappa shape index (κ1) is 25.1. The molecule has 0 spiro atoms. The monoisotopic (exact) mass is 486 g/mol. The summed E-state index contributed by atoms with van der Waals surface area (Å²) in [6.07, 6.45) is 1.67. The van der Waals surface area contributed by atoms with Gasteiger partial charge in [0.1, 0.15) is 24.6 Å². The molecule has 0 saturated carbocycles. The van der Waals surface area contributed by atoms with Crippen LogP contribution in [0.4, 0.5) is 0 Å². The molecule has 0 unspecified atom stereocenters. The van der Waals surface area contributed by atoms with Crippen molar-refractivity contribution in [3.05, 3.63) is 81.7 Å². The molecule has 0 bridgehead atoms. The molecule has 9 heteroatoms. The topological polar surface area (TPSA) is 102 Å². The van der Waals surface area contributed by atoms with Crippen LogP contribution in [-0.2, 0) is 16.1 Å². The Hall–Kier alpha value is -3.49. The molecule has 8 nitrogen and oxygen atoms in total. The van der Waals surface area contributed by atoms with Gasteiger partial charge in [-0.2, -0.15) is 0 Å². The molecule has 2 N–H and O–H groups in total. The highest BCUT2D eigenvalue weighted by atomic mass is 35.5. The summed E-state index contributed by atoms with van der Waals surface area (Å²) in [5.41, 5.74) is 5.54. The van der Waals surface area contributed by atoms with E-state index in [1.165, 1.54) is 17.7 Å². The average Bonchev–Trinajstić information content (AvgIpc) is 2.82. The van der Waals surface area contributed by atoms with Crippen LogP contribution in [0.15, 0.2) is 65.6 Å². The second kappa shape index (κ2) is 11.1. The van der Waals surface area contributed by atoms with E-state index in [4.69, 9.17) is 36.3 Å². The molecule has 0 saturated heterocycles. The highest BCUT2D eigenvalue weighted by Crippen LogP contribution is 2.30. The Labute approximate surface area is 202 Å². The third kappa shape index (κ3) is 6.76. The maximum Gasteiger partial charge on any atom is 0.320 e. The Kier molecular flexibility index (Phi) is 8.20. The molecule has 0 aliphatic heterocycles. The van der Waals surface area contributed by atoms with E-state index < -0.39 is 11.6 Å². The lowest BCUT2D eigenvalue weighted by atomic mass is 10.1. The Balaban J connectivity index is 1.71. The molecule has 2 aromatic carbocycles. The van der Waals surface area contributed by atoms with Gasteiger partial charge in [0.15, 0.2) is 11.5 Å². The quantitative estimate of drug-likeness (QED) is 0.435. The van der Waals surface area contributed by atoms with Gasteiger partial charge in [-0.25, -0.2) is 0 Å². The van der Waals surface area contributed by atoms with Crippen LogP contribution in [-0.4, -0.2) is 36.4 Å². The van der Waals surface area contributed by atoms with E-state index in [2.05, 4.69) is 0 Å². The van der Waals surface area contributed by atoms with Gasteiger partial charge in [0.05, 0.1) is 19.3 Å². The molecule has 3 aromatic rings. The lowest BCUT2D eigenvalue weighted by Crippen LogP contribution is -2.37. The van der Waals surface area contributed by atoms with Crippen molar-refractivity contribution in [1.82, 2.24) is 4.57 Å². The Morgan fingerprint density at radius 3 is 2.41 bits per heavy atom. The molecule has 3 rings (SSSR count). The first-order valence-electron chi connectivity index (χ1n) is 10.5. The van der Waals surface area contributed by atoms with E-state index in [1.54, 1.807) is 62.5 Å². The number of methoxy groups -OCH3 is 1. The molecule has 0 atom stereocenters. The van der Waals surface area contributed by atoms with Crippen molar-refractivity contribution < 1.29 is 23.7 Å². The number of carbonyl (C=O) groups excluding carboxylic acids is 1. The number of aromatic nitrogens is 1. The van der Waals surface area contributed by atoms with Crippen molar-refractivity contribution in [2.45, 2.75) is 26.1 Å². The summed E-state index contributed by atoms with van der Waals surface area (Å²) < 4.78 is 23.7. The van der Waals surface area contributed by atoms with E-state index in [9.17, 15) is 9.59 Å². The van der Waals surface area contributed by atoms with E-state index in [1.807, 2.05) is 6.07 Å². The van der Waals surface area contributed by atoms with Crippen molar-refractivity contribution in [2.24, 2.45) is 5.73 Å². The number of halogens is 1. The number of ether oxygens (including phenoxy) is 4. The fourth-order valence-corrected chi connectivity index (χ4v) is 3.20. The summed E-state index contributed by atoms with van der Waals surface area (Å²) in [5, 5.41) is 0.625. The number of pyridine rings is 1. The predicted molar refractivity (Wildman–Crippen MR) is 129 cm³/mol. The smallest absolute Gasteiger partial charge is 0.320 e. The van der Waals surface area contributed by atoms with Gasteiger partial charge in [-0.1, -0.05) is 11.6 Å². The second-order valence-electron chi connectivity index (χ2n) is 8.05. The molecule has 0 amide bonds. The molecule has 0 fully saturated rings. The van der Waals surface area contributed by atoms with E-state index in [0.717, 1.165) is 5.56 Å². The largest absolute Gasteiger partial charge is 0.493 e. The lowest BCUT2D eigenvalue weighted by Gasteiger charge is -2.25. The minimum atomic E-state index is -0.874. The predicted octanol–water partition coefficient (Wildman–Crippen LogP) is 3.74. The summed E-state index contributed by atoms with van der Waals surface area (Å²) in [6.45, 7) is 3.58. The van der Waals surface area contributed by atoms with Crippen LogP contribution in [0.5, 0.6) is 17.2 Å². The van der Waals surface area contributed by atoms with Gasteiger partial charge in [0, 0.05) is 23.4 Å². The number of nitrogens with zero attached hydrogens (tertiary/aromatic N) is 1. The van der Waals surface area contributed by atoms with Gasteiger partial charge >= 0.3 is 5.97 Å². The SMILES string of the molecule is COc1cc(-n2ccc(COc3ccc(Cl)cc3)cc2=O)ccc1OCC(C)(C)OC(=O)CN. The zero-order valence-electron chi connectivity index (χ0n) is 19.2. The van der Waals surface area contributed by atoms with Crippen LogP contribution in [0.25, 0.3) is 5.69 Å². The van der Waals surface area contributed by atoms with Gasteiger partial charge in [-0.15, -0.1) is 0 Å². The van der Waals surface area contributed by atoms with Gasteiger partial charge in [-0.05, 0) is 61.9 Å². The summed E-state index contributed by atoms with van der Waals surface area (Å²) in [5.74, 6) is 1.02. The van der Waals surface area contributed by atoms with Crippen molar-refractivity contribution in [2.75, 3.05) is 20.3 Å². The summed E-state index contributed by atoms with van der Waals surface area (Å²) in [7, 11) is 1.51. The number of rotatable bonds is 10. The van der Waals surface area contributed by atoms with Gasteiger partial charge in [0.2, 0.25) is 0 Å². The standard InChI is InChI=1S/C25H27ClN2O6/c1-25(2,34-24(30)14-27)16-33-21-9-6-19(13-22(21)31-3)28-11-10-17(12-23(28)29)15-32-20-7-4-18(26)5-8-20/h4-13H,14-16,27H2,1-3H3. The normalized spacial score (nSPS) is 11.1. The van der Waals surface area contributed by atoms with E-state index >= 15 is 0 Å². The molecule has 1 aromatic heterocycles. The maximum atomic E-state index is 12.7. The third-order valence-corrected chi connectivity index (χ3v) is 5.01. The molecule has 34 heavy (non-hydrogen) atoms. The molecule has 0 aliphatic rings. The highest BCUT2D eigenvalue weighted by Gasteiger charge is 2.24. The number of nitrogens with two attached hydrogens (primary N) is 1. The van der Waals surface area contributed by atoms with Crippen molar-refractivity contribution in [1.29, 1.82) is 0 Å². The molecular weight excluding hydrogens is 460 g/mol. The molecule has 180 valence electrons. The van der Waals surface area contributed by atoms with E-state index in [-0.39, 0.29) is 25.3 Å². The first-order valence-corrected chi connectivity index (χ1v) is 10.9. The van der Waals surface area contributed by atoms with Gasteiger partial charge < -0.3 is 24.7 Å². The van der Waals surface area contributed by atoms with Gasteiger partial charge in [0.25, 0.3) is 5.56 Å². The van der Waals surface area contributed by atoms with Crippen molar-refractivity contribution in [3.63, 3.8) is 0 Å². The van der Waals surface area contributed by atoms with Crippen LogP contribution in [0, 0.1) is 0 Å². The van der Waals surface area contributed by atoms with E-state index in [0.29, 0.717) is 28.0 Å². The highest BCUT2D eigenvalue weighted by molar-refractivity contribution is 6.30. The summed E-state index contributed by atoms with van der Waals surface area (Å²) >= 11 is 5.88. The minimum absolute atomic E-state index is 0.0940.